The third-order valence-corrected chi connectivity index (χ3v) is 2.47. The molecule has 0 aliphatic heterocycles. The number of imidazole rings is 1. The van der Waals surface area contributed by atoms with Gasteiger partial charge in [0.05, 0.1) is 17.9 Å². The van der Waals surface area contributed by atoms with Gasteiger partial charge < -0.3 is 4.57 Å². The third kappa shape index (κ3) is 1.88. The zero-order valence-electron chi connectivity index (χ0n) is 9.42. The fourth-order valence-corrected chi connectivity index (χ4v) is 1.75. The lowest BCUT2D eigenvalue weighted by Gasteiger charge is -2.06. The summed E-state index contributed by atoms with van der Waals surface area (Å²) in [6.07, 6.45) is 4.19. The van der Waals surface area contributed by atoms with Crippen LogP contribution in [0, 0.1) is 6.92 Å². The fourth-order valence-electron chi connectivity index (χ4n) is 1.75. The lowest BCUT2D eigenvalue weighted by atomic mass is 10.3. The average Bonchev–Trinajstić information content (AvgIpc) is 2.85. The molecule has 0 amide bonds. The molecule has 2 aromatic heterocycles. The topological polar surface area (TPSA) is 52.7 Å². The Morgan fingerprint density at radius 2 is 2.31 bits per heavy atom. The largest absolute Gasteiger partial charge is 0.323 e. The van der Waals surface area contributed by atoms with Gasteiger partial charge >= 0.3 is 0 Å². The molecule has 0 radical (unpaired) electrons. The van der Waals surface area contributed by atoms with Crippen LogP contribution in [0.5, 0.6) is 0 Å². The molecule has 5 heteroatoms. The van der Waals surface area contributed by atoms with Crippen LogP contribution < -0.4 is 0 Å². The lowest BCUT2D eigenvalue weighted by Crippen LogP contribution is -2.09. The highest BCUT2D eigenvalue weighted by Gasteiger charge is 2.07. The number of hydrogen-bond acceptors (Lipinski definition) is 3. The molecule has 0 unspecified atom stereocenters. The van der Waals surface area contributed by atoms with Gasteiger partial charge in [-0.15, -0.1) is 0 Å². The van der Waals surface area contributed by atoms with Crippen molar-refractivity contribution in [3.05, 3.63) is 35.7 Å². The maximum Gasteiger partial charge on any atom is 0.185 e. The van der Waals surface area contributed by atoms with Crippen molar-refractivity contribution >= 4 is 6.29 Å². The molecule has 2 aromatic rings. The van der Waals surface area contributed by atoms with E-state index in [0.29, 0.717) is 12.4 Å². The summed E-state index contributed by atoms with van der Waals surface area (Å²) in [6.45, 7) is 5.46. The van der Waals surface area contributed by atoms with Gasteiger partial charge in [0, 0.05) is 18.9 Å². The van der Waals surface area contributed by atoms with E-state index in [9.17, 15) is 4.79 Å². The van der Waals surface area contributed by atoms with E-state index in [1.807, 2.05) is 29.2 Å². The first-order valence-electron chi connectivity index (χ1n) is 5.24. The summed E-state index contributed by atoms with van der Waals surface area (Å²) in [5, 5.41) is 4.36. The molecule has 0 spiro atoms. The van der Waals surface area contributed by atoms with Crippen LogP contribution in [0.1, 0.15) is 28.9 Å². The smallest absolute Gasteiger partial charge is 0.185 e. The molecule has 0 fully saturated rings. The zero-order valence-corrected chi connectivity index (χ0v) is 9.42. The van der Waals surface area contributed by atoms with Crippen LogP contribution in [0.25, 0.3) is 0 Å². The predicted octanol–water partition coefficient (Wildman–Crippen LogP) is 1.27. The zero-order chi connectivity index (χ0) is 11.5. The number of aryl methyl sites for hydroxylation is 2. The van der Waals surface area contributed by atoms with Gasteiger partial charge in [-0.2, -0.15) is 5.10 Å². The molecule has 84 valence electrons. The van der Waals surface area contributed by atoms with Gasteiger partial charge in [0.1, 0.15) is 0 Å². The first kappa shape index (κ1) is 10.6. The fraction of sp³-hybridized carbons (Fsp3) is 0.364. The van der Waals surface area contributed by atoms with Gasteiger partial charge in [0.2, 0.25) is 0 Å². The maximum absolute atomic E-state index is 10.7. The van der Waals surface area contributed by atoms with Crippen molar-refractivity contribution in [3.63, 3.8) is 0 Å². The lowest BCUT2D eigenvalue weighted by molar-refractivity contribution is 0.111. The second-order valence-electron chi connectivity index (χ2n) is 3.62. The van der Waals surface area contributed by atoms with Crippen LogP contribution in [-0.4, -0.2) is 25.6 Å². The van der Waals surface area contributed by atoms with Crippen molar-refractivity contribution in [2.45, 2.75) is 26.9 Å². The van der Waals surface area contributed by atoms with E-state index in [0.717, 1.165) is 24.2 Å². The number of nitrogens with zero attached hydrogens (tertiary/aromatic N) is 4. The van der Waals surface area contributed by atoms with Crippen LogP contribution in [0.4, 0.5) is 0 Å². The molecule has 2 rings (SSSR count). The van der Waals surface area contributed by atoms with Crippen molar-refractivity contribution < 1.29 is 4.79 Å². The minimum absolute atomic E-state index is 0.446. The first-order chi connectivity index (χ1) is 7.74. The SMILES string of the molecule is CCn1nc(C)cc1Cn1ccnc1C=O. The van der Waals surface area contributed by atoms with Crippen LogP contribution in [0.3, 0.4) is 0 Å². The van der Waals surface area contributed by atoms with E-state index in [4.69, 9.17) is 0 Å². The monoisotopic (exact) mass is 218 g/mol. The molecule has 5 nitrogen and oxygen atoms in total. The Hall–Kier alpha value is -1.91. The summed E-state index contributed by atoms with van der Waals surface area (Å²) in [5.74, 6) is 0.446. The second kappa shape index (κ2) is 4.30. The average molecular weight is 218 g/mol. The second-order valence-corrected chi connectivity index (χ2v) is 3.62. The molecule has 0 aromatic carbocycles. The molecule has 0 atom stereocenters. The Labute approximate surface area is 93.7 Å². The summed E-state index contributed by atoms with van der Waals surface area (Å²) in [6, 6.07) is 2.03. The van der Waals surface area contributed by atoms with E-state index < -0.39 is 0 Å². The van der Waals surface area contributed by atoms with Crippen molar-refractivity contribution in [3.8, 4) is 0 Å². The Bertz CT molecular complexity index is 498. The summed E-state index contributed by atoms with van der Waals surface area (Å²) in [4.78, 5) is 14.7. The molecule has 0 N–H and O–H groups in total. The highest BCUT2D eigenvalue weighted by molar-refractivity contribution is 5.69. The molecule has 0 aliphatic carbocycles. The van der Waals surface area contributed by atoms with Crippen molar-refractivity contribution in [1.29, 1.82) is 0 Å². The molecule has 0 saturated heterocycles. The van der Waals surface area contributed by atoms with Crippen molar-refractivity contribution in [1.82, 2.24) is 19.3 Å². The van der Waals surface area contributed by atoms with Gasteiger partial charge in [0.25, 0.3) is 0 Å². The van der Waals surface area contributed by atoms with E-state index in [-0.39, 0.29) is 0 Å². The van der Waals surface area contributed by atoms with Crippen LogP contribution in [-0.2, 0) is 13.1 Å². The molecule has 2 heterocycles. The highest BCUT2D eigenvalue weighted by atomic mass is 16.1. The maximum atomic E-state index is 10.7. The number of aromatic nitrogens is 4. The van der Waals surface area contributed by atoms with Crippen molar-refractivity contribution in [2.24, 2.45) is 0 Å². The summed E-state index contributed by atoms with van der Waals surface area (Å²) >= 11 is 0. The van der Waals surface area contributed by atoms with Gasteiger partial charge in [0.15, 0.2) is 12.1 Å². The van der Waals surface area contributed by atoms with Crippen LogP contribution in [0.15, 0.2) is 18.5 Å². The van der Waals surface area contributed by atoms with Gasteiger partial charge in [-0.05, 0) is 19.9 Å². The minimum Gasteiger partial charge on any atom is -0.323 e. The highest BCUT2D eigenvalue weighted by Crippen LogP contribution is 2.07. The van der Waals surface area contributed by atoms with Crippen LogP contribution >= 0.6 is 0 Å². The van der Waals surface area contributed by atoms with Gasteiger partial charge in [-0.1, -0.05) is 0 Å². The molecule has 0 bridgehead atoms. The summed E-state index contributed by atoms with van der Waals surface area (Å²) < 4.78 is 3.75. The molecule has 0 saturated carbocycles. The number of hydrogen-bond donors (Lipinski definition) is 0. The van der Waals surface area contributed by atoms with E-state index >= 15 is 0 Å². The standard InChI is InChI=1S/C11H14N4O/c1-3-15-10(6-9(2)13-15)7-14-5-4-12-11(14)8-16/h4-6,8H,3,7H2,1-2H3. The first-order valence-corrected chi connectivity index (χ1v) is 5.24. The number of aldehydes is 1. The Morgan fingerprint density at radius 1 is 1.50 bits per heavy atom. The van der Waals surface area contributed by atoms with E-state index in [1.54, 1.807) is 12.4 Å². The van der Waals surface area contributed by atoms with E-state index in [1.165, 1.54) is 0 Å². The van der Waals surface area contributed by atoms with E-state index in [2.05, 4.69) is 10.1 Å². The molecule has 16 heavy (non-hydrogen) atoms. The number of rotatable bonds is 4. The Balaban J connectivity index is 2.29. The minimum atomic E-state index is 0.446. The quantitative estimate of drug-likeness (QED) is 0.726. The summed E-state index contributed by atoms with van der Waals surface area (Å²) in [5.41, 5.74) is 2.07. The van der Waals surface area contributed by atoms with Gasteiger partial charge in [-0.3, -0.25) is 9.48 Å². The van der Waals surface area contributed by atoms with Crippen LogP contribution in [0.2, 0.25) is 0 Å². The van der Waals surface area contributed by atoms with Gasteiger partial charge in [-0.25, -0.2) is 4.98 Å². The third-order valence-electron chi connectivity index (χ3n) is 2.47. The van der Waals surface area contributed by atoms with Crippen molar-refractivity contribution in [2.75, 3.05) is 0 Å². The Morgan fingerprint density at radius 3 is 3.00 bits per heavy atom. The Kier molecular flexibility index (Phi) is 2.85. The number of carbonyl (C=O) groups is 1. The number of carbonyl (C=O) groups excluding carboxylic acids is 1. The predicted molar refractivity (Wildman–Crippen MR) is 59.4 cm³/mol. The molecular weight excluding hydrogens is 204 g/mol. The molecular formula is C11H14N4O. The summed E-state index contributed by atoms with van der Waals surface area (Å²) in [7, 11) is 0. The normalized spacial score (nSPS) is 10.6. The molecule has 0 aliphatic rings.